The molecule has 0 radical (unpaired) electrons. The Bertz CT molecular complexity index is 287. The first-order chi connectivity index (χ1) is 8.22. The quantitative estimate of drug-likeness (QED) is 0.675. The van der Waals surface area contributed by atoms with E-state index in [-0.39, 0.29) is 0 Å². The van der Waals surface area contributed by atoms with Crippen LogP contribution in [0, 0.1) is 5.92 Å². The van der Waals surface area contributed by atoms with E-state index in [1.54, 1.807) is 0 Å². The van der Waals surface area contributed by atoms with Gasteiger partial charge in [0.25, 0.3) is 0 Å². The average molecular weight is 234 g/mol. The monoisotopic (exact) mass is 234 g/mol. The standard InChI is InChI=1S/C16H26O/c1-14(2)13-16-10-8-15(9-11-16)7-5-3-4-6-12-17/h8-11,14,17H,3-7,12-13H2,1-2H3. The Kier molecular flexibility index (Phi) is 6.95. The summed E-state index contributed by atoms with van der Waals surface area (Å²) in [6, 6.07) is 9.07. The Morgan fingerprint density at radius 3 is 2.06 bits per heavy atom. The minimum Gasteiger partial charge on any atom is -0.396 e. The van der Waals surface area contributed by atoms with Gasteiger partial charge >= 0.3 is 0 Å². The third-order valence-electron chi connectivity index (χ3n) is 3.04. The number of rotatable bonds is 8. The first-order valence-corrected chi connectivity index (χ1v) is 6.91. The van der Waals surface area contributed by atoms with Gasteiger partial charge < -0.3 is 5.11 Å². The lowest BCUT2D eigenvalue weighted by atomic mass is 10.00. The van der Waals surface area contributed by atoms with E-state index in [2.05, 4.69) is 38.1 Å². The molecule has 0 aliphatic carbocycles. The van der Waals surface area contributed by atoms with Gasteiger partial charge in [-0.25, -0.2) is 0 Å². The molecule has 0 spiro atoms. The summed E-state index contributed by atoms with van der Waals surface area (Å²) in [5, 5.41) is 8.69. The largest absolute Gasteiger partial charge is 0.396 e. The van der Waals surface area contributed by atoms with Gasteiger partial charge in [-0.05, 0) is 42.7 Å². The van der Waals surface area contributed by atoms with Crippen molar-refractivity contribution in [3.63, 3.8) is 0 Å². The van der Waals surface area contributed by atoms with Crippen LogP contribution in [0.3, 0.4) is 0 Å². The molecule has 0 saturated carbocycles. The van der Waals surface area contributed by atoms with Crippen LogP contribution in [0.25, 0.3) is 0 Å². The van der Waals surface area contributed by atoms with E-state index in [1.807, 2.05) is 0 Å². The van der Waals surface area contributed by atoms with Crippen LogP contribution in [0.1, 0.15) is 50.7 Å². The van der Waals surface area contributed by atoms with Crippen LogP contribution in [0.2, 0.25) is 0 Å². The molecule has 0 aliphatic rings. The van der Waals surface area contributed by atoms with Gasteiger partial charge in [0.05, 0.1) is 0 Å². The van der Waals surface area contributed by atoms with E-state index in [0.29, 0.717) is 6.61 Å². The Labute approximate surface area is 106 Å². The number of unbranched alkanes of at least 4 members (excludes halogenated alkanes) is 3. The Morgan fingerprint density at radius 1 is 0.882 bits per heavy atom. The molecule has 96 valence electrons. The van der Waals surface area contributed by atoms with Crippen molar-refractivity contribution in [2.24, 2.45) is 5.92 Å². The number of hydrogen-bond acceptors (Lipinski definition) is 1. The molecule has 0 unspecified atom stereocenters. The summed E-state index contributed by atoms with van der Waals surface area (Å²) in [7, 11) is 0. The molecule has 17 heavy (non-hydrogen) atoms. The van der Waals surface area contributed by atoms with Gasteiger partial charge in [0, 0.05) is 6.61 Å². The molecule has 0 aliphatic heterocycles. The Morgan fingerprint density at radius 2 is 1.47 bits per heavy atom. The maximum atomic E-state index is 8.69. The predicted octanol–water partition coefficient (Wildman–Crippen LogP) is 3.98. The van der Waals surface area contributed by atoms with Crippen molar-refractivity contribution < 1.29 is 5.11 Å². The molecule has 0 bridgehead atoms. The third-order valence-corrected chi connectivity index (χ3v) is 3.04. The summed E-state index contributed by atoms with van der Waals surface area (Å²) >= 11 is 0. The Balaban J connectivity index is 2.25. The minimum absolute atomic E-state index is 0.337. The first-order valence-electron chi connectivity index (χ1n) is 6.91. The first kappa shape index (κ1) is 14.2. The fraction of sp³-hybridized carbons (Fsp3) is 0.625. The zero-order valence-electron chi connectivity index (χ0n) is 11.3. The molecular weight excluding hydrogens is 208 g/mol. The van der Waals surface area contributed by atoms with Crippen molar-refractivity contribution in [1.82, 2.24) is 0 Å². The summed E-state index contributed by atoms with van der Waals surface area (Å²) in [5.74, 6) is 0.735. The SMILES string of the molecule is CC(C)Cc1ccc(CCCCCCO)cc1. The summed E-state index contributed by atoms with van der Waals surface area (Å²) in [6.07, 6.45) is 6.93. The van der Waals surface area contributed by atoms with Crippen LogP contribution in [0.15, 0.2) is 24.3 Å². The predicted molar refractivity (Wildman–Crippen MR) is 74.2 cm³/mol. The van der Waals surface area contributed by atoms with Crippen LogP contribution >= 0.6 is 0 Å². The van der Waals surface area contributed by atoms with Crippen LogP contribution in [-0.2, 0) is 12.8 Å². The molecule has 1 nitrogen and oxygen atoms in total. The summed E-state index contributed by atoms with van der Waals surface area (Å²) in [4.78, 5) is 0. The highest BCUT2D eigenvalue weighted by Crippen LogP contribution is 2.12. The topological polar surface area (TPSA) is 20.2 Å². The maximum absolute atomic E-state index is 8.69. The van der Waals surface area contributed by atoms with Gasteiger partial charge in [-0.1, -0.05) is 51.0 Å². The number of hydrogen-bond donors (Lipinski definition) is 1. The number of aliphatic hydroxyl groups is 1. The van der Waals surface area contributed by atoms with Crippen molar-refractivity contribution in [2.75, 3.05) is 6.61 Å². The van der Waals surface area contributed by atoms with Gasteiger partial charge in [0.2, 0.25) is 0 Å². The highest BCUT2D eigenvalue weighted by atomic mass is 16.2. The van der Waals surface area contributed by atoms with E-state index < -0.39 is 0 Å². The molecule has 1 rings (SSSR count). The van der Waals surface area contributed by atoms with Gasteiger partial charge in [0.1, 0.15) is 0 Å². The molecule has 0 atom stereocenters. The van der Waals surface area contributed by atoms with Crippen LogP contribution < -0.4 is 0 Å². The molecule has 0 amide bonds. The van der Waals surface area contributed by atoms with Crippen LogP contribution in [0.5, 0.6) is 0 Å². The average Bonchev–Trinajstić information content (AvgIpc) is 2.30. The van der Waals surface area contributed by atoms with Crippen molar-refractivity contribution in [1.29, 1.82) is 0 Å². The number of aryl methyl sites for hydroxylation is 1. The lowest BCUT2D eigenvalue weighted by Gasteiger charge is -2.06. The van der Waals surface area contributed by atoms with E-state index in [9.17, 15) is 0 Å². The molecule has 0 heterocycles. The lowest BCUT2D eigenvalue weighted by Crippen LogP contribution is -1.94. The van der Waals surface area contributed by atoms with E-state index in [0.717, 1.165) is 18.8 Å². The molecule has 0 aromatic heterocycles. The normalized spacial score (nSPS) is 11.1. The smallest absolute Gasteiger partial charge is 0.0431 e. The molecule has 0 fully saturated rings. The molecule has 0 saturated heterocycles. The van der Waals surface area contributed by atoms with E-state index in [4.69, 9.17) is 5.11 Å². The number of aliphatic hydroxyl groups excluding tert-OH is 1. The van der Waals surface area contributed by atoms with Crippen molar-refractivity contribution in [3.8, 4) is 0 Å². The van der Waals surface area contributed by atoms with Gasteiger partial charge in [0.15, 0.2) is 0 Å². The maximum Gasteiger partial charge on any atom is 0.0431 e. The fourth-order valence-electron chi connectivity index (χ4n) is 2.11. The molecule has 1 aromatic carbocycles. The van der Waals surface area contributed by atoms with Crippen molar-refractivity contribution in [2.45, 2.75) is 52.4 Å². The van der Waals surface area contributed by atoms with E-state index >= 15 is 0 Å². The summed E-state index contributed by atoms with van der Waals surface area (Å²) in [5.41, 5.74) is 2.89. The van der Waals surface area contributed by atoms with E-state index in [1.165, 1.54) is 36.8 Å². The van der Waals surface area contributed by atoms with Gasteiger partial charge in [-0.3, -0.25) is 0 Å². The molecule has 1 heteroatoms. The Hall–Kier alpha value is -0.820. The third kappa shape index (κ3) is 6.48. The minimum atomic E-state index is 0.337. The second kappa shape index (κ2) is 8.30. The van der Waals surface area contributed by atoms with Crippen LogP contribution in [-0.4, -0.2) is 11.7 Å². The second-order valence-corrected chi connectivity index (χ2v) is 5.30. The van der Waals surface area contributed by atoms with Crippen molar-refractivity contribution >= 4 is 0 Å². The van der Waals surface area contributed by atoms with Crippen LogP contribution in [0.4, 0.5) is 0 Å². The molecule has 1 aromatic rings. The highest BCUT2D eigenvalue weighted by Gasteiger charge is 1.98. The summed E-state index contributed by atoms with van der Waals surface area (Å²) in [6.45, 7) is 4.86. The van der Waals surface area contributed by atoms with Gasteiger partial charge in [-0.15, -0.1) is 0 Å². The zero-order chi connectivity index (χ0) is 12.5. The van der Waals surface area contributed by atoms with Gasteiger partial charge in [-0.2, -0.15) is 0 Å². The number of benzene rings is 1. The highest BCUT2D eigenvalue weighted by molar-refractivity contribution is 5.22. The molecule has 1 N–H and O–H groups in total. The zero-order valence-corrected chi connectivity index (χ0v) is 11.3. The fourth-order valence-corrected chi connectivity index (χ4v) is 2.11. The second-order valence-electron chi connectivity index (χ2n) is 5.30. The molecular formula is C16H26O. The van der Waals surface area contributed by atoms with Crippen molar-refractivity contribution in [3.05, 3.63) is 35.4 Å². The summed E-state index contributed by atoms with van der Waals surface area (Å²) < 4.78 is 0. The lowest BCUT2D eigenvalue weighted by molar-refractivity contribution is 0.282.